The molecule has 0 radical (unpaired) electrons. The fourth-order valence-electron chi connectivity index (χ4n) is 4.83. The molecule has 1 aromatic carbocycles. The maximum absolute atomic E-state index is 13.2. The van der Waals surface area contributed by atoms with Crippen molar-refractivity contribution in [3.63, 3.8) is 0 Å². The largest absolute Gasteiger partial charge is 0.421 e. The molecule has 3 fully saturated rings. The molecule has 4 rings (SSSR count). The van der Waals surface area contributed by atoms with E-state index in [9.17, 15) is 28.6 Å². The molecular formula is C23H28F3N3O2. The summed E-state index contributed by atoms with van der Waals surface area (Å²) in [6, 6.07) is 5.86. The van der Waals surface area contributed by atoms with E-state index in [0.717, 1.165) is 58.3 Å². The summed E-state index contributed by atoms with van der Waals surface area (Å²) < 4.78 is 39.5. The maximum atomic E-state index is 13.2. The van der Waals surface area contributed by atoms with E-state index < -0.39 is 17.4 Å². The standard InChI is InChI=1S/C23H28F3N3O2/c1-21(30,23(24,25)26)16-4-2-15(3-5-16)20(28-14-27)29(18-8-9-18)19-10-12-22(31,13-11-19)17-6-7-17/h2-5,17-19,30-31H,6-13H2,1H3. The van der Waals surface area contributed by atoms with Gasteiger partial charge in [0, 0.05) is 17.6 Å². The Morgan fingerprint density at radius 3 is 2.06 bits per heavy atom. The fraction of sp³-hybridized carbons (Fsp3) is 0.652. The van der Waals surface area contributed by atoms with Crippen molar-refractivity contribution in [2.75, 3.05) is 0 Å². The van der Waals surface area contributed by atoms with Gasteiger partial charge in [-0.15, -0.1) is 0 Å². The fourth-order valence-corrected chi connectivity index (χ4v) is 4.83. The van der Waals surface area contributed by atoms with E-state index in [2.05, 4.69) is 9.89 Å². The van der Waals surface area contributed by atoms with Crippen molar-refractivity contribution in [2.45, 2.75) is 87.8 Å². The van der Waals surface area contributed by atoms with Gasteiger partial charge in [0.2, 0.25) is 6.19 Å². The number of alkyl halides is 3. The zero-order valence-electron chi connectivity index (χ0n) is 17.6. The van der Waals surface area contributed by atoms with Gasteiger partial charge in [-0.2, -0.15) is 23.4 Å². The molecule has 31 heavy (non-hydrogen) atoms. The van der Waals surface area contributed by atoms with Crippen molar-refractivity contribution >= 4 is 5.84 Å². The van der Waals surface area contributed by atoms with Gasteiger partial charge >= 0.3 is 6.18 Å². The molecular weight excluding hydrogens is 407 g/mol. The van der Waals surface area contributed by atoms with Crippen LogP contribution in [0.25, 0.3) is 0 Å². The lowest BCUT2D eigenvalue weighted by Gasteiger charge is -2.42. The molecule has 0 bridgehead atoms. The first kappa shape index (κ1) is 22.1. The van der Waals surface area contributed by atoms with Crippen molar-refractivity contribution in [3.8, 4) is 6.19 Å². The summed E-state index contributed by atoms with van der Waals surface area (Å²) in [5, 5.41) is 30.1. The predicted octanol–water partition coefficient (Wildman–Crippen LogP) is 4.23. The highest BCUT2D eigenvalue weighted by molar-refractivity contribution is 6.00. The van der Waals surface area contributed by atoms with Gasteiger partial charge in [-0.1, -0.05) is 24.3 Å². The van der Waals surface area contributed by atoms with Crippen molar-refractivity contribution < 1.29 is 23.4 Å². The van der Waals surface area contributed by atoms with E-state index in [1.165, 1.54) is 24.3 Å². The molecule has 0 aliphatic heterocycles. The highest BCUT2D eigenvalue weighted by Gasteiger charge is 2.51. The topological polar surface area (TPSA) is 79.9 Å². The van der Waals surface area contributed by atoms with Crippen LogP contribution in [-0.4, -0.2) is 44.8 Å². The normalized spacial score (nSPS) is 29.2. The third kappa shape index (κ3) is 4.31. The van der Waals surface area contributed by atoms with Crippen LogP contribution in [0, 0.1) is 17.4 Å². The number of amidine groups is 1. The Hall–Kier alpha value is -2.11. The minimum atomic E-state index is -4.79. The van der Waals surface area contributed by atoms with Gasteiger partial charge in [0.05, 0.1) is 5.60 Å². The van der Waals surface area contributed by atoms with Gasteiger partial charge in [0.1, 0.15) is 5.84 Å². The minimum absolute atomic E-state index is 0.136. The highest BCUT2D eigenvalue weighted by atomic mass is 19.4. The number of hydrogen-bond donors (Lipinski definition) is 2. The SMILES string of the molecule is CC(O)(c1ccc(C(=NC#N)N(C2CC2)C2CCC(O)(C3CC3)CC2)cc1)C(F)(F)F. The third-order valence-electron chi connectivity index (χ3n) is 7.15. The van der Waals surface area contributed by atoms with Crippen LogP contribution >= 0.6 is 0 Å². The second-order valence-corrected chi connectivity index (χ2v) is 9.43. The van der Waals surface area contributed by atoms with Crippen LogP contribution in [-0.2, 0) is 5.60 Å². The smallest absolute Gasteiger partial charge is 0.390 e. The highest BCUT2D eigenvalue weighted by Crippen LogP contribution is 2.48. The van der Waals surface area contributed by atoms with E-state index in [0.29, 0.717) is 17.3 Å². The Labute approximate surface area is 180 Å². The quantitative estimate of drug-likeness (QED) is 0.412. The van der Waals surface area contributed by atoms with E-state index in [4.69, 9.17) is 0 Å². The summed E-state index contributed by atoms with van der Waals surface area (Å²) in [6.07, 6.45) is 4.23. The summed E-state index contributed by atoms with van der Waals surface area (Å²) in [5.41, 5.74) is -3.24. The van der Waals surface area contributed by atoms with Crippen LogP contribution in [0.1, 0.15) is 69.4 Å². The Morgan fingerprint density at radius 2 is 1.61 bits per heavy atom. The molecule has 1 aromatic rings. The Bertz CT molecular complexity index is 873. The van der Waals surface area contributed by atoms with Crippen molar-refractivity contribution in [2.24, 2.45) is 10.9 Å². The summed E-state index contributed by atoms with van der Waals surface area (Å²) in [6.45, 7) is 0.728. The lowest BCUT2D eigenvalue weighted by Crippen LogP contribution is -2.48. The van der Waals surface area contributed by atoms with Crippen LogP contribution in [0.2, 0.25) is 0 Å². The molecule has 1 unspecified atom stereocenters. The number of rotatable bonds is 5. The molecule has 2 N–H and O–H groups in total. The molecule has 0 heterocycles. The van der Waals surface area contributed by atoms with Crippen LogP contribution < -0.4 is 0 Å². The van der Waals surface area contributed by atoms with E-state index in [1.54, 1.807) is 0 Å². The minimum Gasteiger partial charge on any atom is -0.390 e. The molecule has 0 saturated heterocycles. The molecule has 5 nitrogen and oxygen atoms in total. The summed E-state index contributed by atoms with van der Waals surface area (Å²) >= 11 is 0. The third-order valence-corrected chi connectivity index (χ3v) is 7.15. The maximum Gasteiger partial charge on any atom is 0.421 e. The Balaban J connectivity index is 1.57. The second-order valence-electron chi connectivity index (χ2n) is 9.43. The van der Waals surface area contributed by atoms with Gasteiger partial charge in [-0.25, -0.2) is 0 Å². The van der Waals surface area contributed by atoms with E-state index >= 15 is 0 Å². The predicted molar refractivity (Wildman–Crippen MR) is 109 cm³/mol. The first-order chi connectivity index (χ1) is 14.6. The molecule has 3 saturated carbocycles. The Kier molecular flexibility index (Phi) is 5.55. The molecule has 0 spiro atoms. The number of benzene rings is 1. The lowest BCUT2D eigenvalue weighted by atomic mass is 9.78. The molecule has 3 aliphatic rings. The van der Waals surface area contributed by atoms with Crippen LogP contribution in [0.4, 0.5) is 13.2 Å². The number of aliphatic imine (C=N–C) groups is 1. The molecule has 0 amide bonds. The van der Waals surface area contributed by atoms with Crippen molar-refractivity contribution in [1.82, 2.24) is 4.90 Å². The first-order valence-corrected chi connectivity index (χ1v) is 10.9. The van der Waals surface area contributed by atoms with Crippen LogP contribution in [0.15, 0.2) is 29.3 Å². The van der Waals surface area contributed by atoms with Crippen molar-refractivity contribution in [1.29, 1.82) is 5.26 Å². The molecule has 168 valence electrons. The number of aliphatic hydroxyl groups is 2. The van der Waals surface area contributed by atoms with E-state index in [-0.39, 0.29) is 17.6 Å². The number of nitrogens with zero attached hydrogens (tertiary/aromatic N) is 3. The van der Waals surface area contributed by atoms with Gasteiger partial charge in [0.15, 0.2) is 5.60 Å². The first-order valence-electron chi connectivity index (χ1n) is 10.9. The average molecular weight is 435 g/mol. The molecule has 3 aliphatic carbocycles. The molecule has 0 aromatic heterocycles. The molecule has 1 atom stereocenters. The number of nitriles is 1. The van der Waals surface area contributed by atoms with Gasteiger partial charge in [0.25, 0.3) is 0 Å². The monoisotopic (exact) mass is 435 g/mol. The molecule has 8 heteroatoms. The average Bonchev–Trinajstić information content (AvgIpc) is 3.61. The van der Waals surface area contributed by atoms with Gasteiger partial charge < -0.3 is 15.1 Å². The zero-order chi connectivity index (χ0) is 22.4. The number of halogens is 3. The summed E-state index contributed by atoms with van der Waals surface area (Å²) in [4.78, 5) is 6.20. The number of hydrogen-bond acceptors (Lipinski definition) is 4. The summed E-state index contributed by atoms with van der Waals surface area (Å²) in [5.74, 6) is 0.870. The lowest BCUT2D eigenvalue weighted by molar-refractivity contribution is -0.258. The van der Waals surface area contributed by atoms with Crippen molar-refractivity contribution in [3.05, 3.63) is 35.4 Å². The zero-order valence-corrected chi connectivity index (χ0v) is 17.6. The summed E-state index contributed by atoms with van der Waals surface area (Å²) in [7, 11) is 0. The Morgan fingerprint density at radius 1 is 1.06 bits per heavy atom. The second kappa shape index (κ2) is 7.79. The van der Waals surface area contributed by atoms with Crippen LogP contribution in [0.3, 0.4) is 0 Å². The van der Waals surface area contributed by atoms with Gasteiger partial charge in [-0.05, 0) is 69.8 Å². The van der Waals surface area contributed by atoms with E-state index in [1.807, 2.05) is 6.19 Å². The van der Waals surface area contributed by atoms with Gasteiger partial charge in [-0.3, -0.25) is 0 Å². The van der Waals surface area contributed by atoms with Crippen LogP contribution in [0.5, 0.6) is 0 Å².